The Morgan fingerprint density at radius 1 is 1.13 bits per heavy atom. The minimum absolute atomic E-state index is 0.456. The van der Waals surface area contributed by atoms with E-state index in [1.165, 1.54) is 25.7 Å². The summed E-state index contributed by atoms with van der Waals surface area (Å²) in [5, 5.41) is 6.92. The second-order valence-electron chi connectivity index (χ2n) is 4.97. The summed E-state index contributed by atoms with van der Waals surface area (Å²) >= 11 is 0. The van der Waals surface area contributed by atoms with Gasteiger partial charge in [0.15, 0.2) is 0 Å². The third kappa shape index (κ3) is 3.14. The summed E-state index contributed by atoms with van der Waals surface area (Å²) in [7, 11) is 2.24. The molecule has 0 radical (unpaired) electrons. The monoisotopic (exact) mass is 212 g/mol. The van der Waals surface area contributed by atoms with Crippen molar-refractivity contribution in [2.75, 3.05) is 26.7 Å². The number of likely N-dealkylation sites (N-methyl/N-ethyl adjacent to an activating group) is 1. The molecule has 2 rings (SSSR count). The third-order valence-electron chi connectivity index (χ3n) is 3.74. The molecule has 0 aromatic carbocycles. The Balaban J connectivity index is 1.72. The predicted molar refractivity (Wildman–Crippen MR) is 62.7 cm³/mol. The minimum Gasteiger partial charge on any atom is -0.328 e. The molecule has 1 aliphatic heterocycles. The first-order chi connectivity index (χ1) is 7.25. The lowest BCUT2D eigenvalue weighted by Crippen LogP contribution is -2.47. The fourth-order valence-corrected chi connectivity index (χ4v) is 2.67. The van der Waals surface area contributed by atoms with Gasteiger partial charge in [0, 0.05) is 31.7 Å². The van der Waals surface area contributed by atoms with Crippen LogP contribution in [0.15, 0.2) is 0 Å². The van der Waals surface area contributed by atoms with Crippen LogP contribution in [0.3, 0.4) is 0 Å². The molecule has 4 nitrogen and oxygen atoms in total. The van der Waals surface area contributed by atoms with E-state index in [4.69, 9.17) is 5.73 Å². The van der Waals surface area contributed by atoms with Crippen molar-refractivity contribution in [1.82, 2.24) is 15.5 Å². The first-order valence-corrected chi connectivity index (χ1v) is 6.18. The second kappa shape index (κ2) is 5.25. The van der Waals surface area contributed by atoms with Crippen molar-refractivity contribution >= 4 is 0 Å². The first-order valence-electron chi connectivity index (χ1n) is 6.18. The summed E-state index contributed by atoms with van der Waals surface area (Å²) in [6, 6.07) is 1.20. The van der Waals surface area contributed by atoms with E-state index in [1.54, 1.807) is 0 Å². The molecular weight excluding hydrogens is 188 g/mol. The molecule has 2 aliphatic rings. The Morgan fingerprint density at radius 2 is 1.73 bits per heavy atom. The number of hydrogen-bond acceptors (Lipinski definition) is 4. The van der Waals surface area contributed by atoms with Gasteiger partial charge >= 0.3 is 0 Å². The van der Waals surface area contributed by atoms with Gasteiger partial charge in [-0.1, -0.05) is 0 Å². The van der Waals surface area contributed by atoms with Crippen molar-refractivity contribution < 1.29 is 0 Å². The van der Waals surface area contributed by atoms with Gasteiger partial charge in [0.05, 0.1) is 6.17 Å². The molecular formula is C11H24N4. The average Bonchev–Trinajstić information content (AvgIpc) is 2.71. The van der Waals surface area contributed by atoms with Crippen LogP contribution in [0, 0.1) is 0 Å². The zero-order chi connectivity index (χ0) is 10.7. The summed E-state index contributed by atoms with van der Waals surface area (Å²) in [4.78, 5) is 2.49. The topological polar surface area (TPSA) is 53.3 Å². The Kier molecular flexibility index (Phi) is 3.97. The van der Waals surface area contributed by atoms with E-state index in [0.29, 0.717) is 12.2 Å². The van der Waals surface area contributed by atoms with Gasteiger partial charge in [0.25, 0.3) is 0 Å². The van der Waals surface area contributed by atoms with E-state index in [1.807, 2.05) is 0 Å². The lowest BCUT2D eigenvalue weighted by Gasteiger charge is -2.34. The maximum Gasteiger partial charge on any atom is 0.0703 e. The van der Waals surface area contributed by atoms with Crippen molar-refractivity contribution in [2.45, 2.75) is 43.9 Å². The smallest absolute Gasteiger partial charge is 0.0703 e. The van der Waals surface area contributed by atoms with E-state index in [0.717, 1.165) is 25.7 Å². The number of nitrogens with one attached hydrogen (secondary N) is 2. The zero-order valence-corrected chi connectivity index (χ0v) is 9.71. The standard InChI is InChI=1S/C11H24N4/c1-15(8-11-13-6-7-14-11)10-4-2-9(12)3-5-10/h9-11,13-14H,2-8,12H2,1H3. The van der Waals surface area contributed by atoms with E-state index in [-0.39, 0.29) is 0 Å². The van der Waals surface area contributed by atoms with E-state index in [2.05, 4.69) is 22.6 Å². The van der Waals surface area contributed by atoms with Gasteiger partial charge in [-0.05, 0) is 32.7 Å². The SMILES string of the molecule is CN(CC1NCCN1)C1CCC(N)CC1. The molecule has 88 valence electrons. The molecule has 2 fully saturated rings. The summed E-state index contributed by atoms with van der Waals surface area (Å²) in [5.74, 6) is 0. The number of hydrogen-bond donors (Lipinski definition) is 3. The van der Waals surface area contributed by atoms with Crippen LogP contribution in [0.1, 0.15) is 25.7 Å². The van der Waals surface area contributed by atoms with Crippen LogP contribution in [-0.4, -0.2) is 49.8 Å². The van der Waals surface area contributed by atoms with Crippen molar-refractivity contribution in [1.29, 1.82) is 0 Å². The molecule has 1 aliphatic carbocycles. The van der Waals surface area contributed by atoms with Crippen LogP contribution >= 0.6 is 0 Å². The highest BCUT2D eigenvalue weighted by Gasteiger charge is 2.24. The summed E-state index contributed by atoms with van der Waals surface area (Å²) in [5.41, 5.74) is 5.92. The van der Waals surface area contributed by atoms with Crippen LogP contribution in [0.5, 0.6) is 0 Å². The first kappa shape index (κ1) is 11.3. The molecule has 4 N–H and O–H groups in total. The van der Waals surface area contributed by atoms with Crippen LogP contribution in [-0.2, 0) is 0 Å². The third-order valence-corrected chi connectivity index (χ3v) is 3.74. The van der Waals surface area contributed by atoms with E-state index in [9.17, 15) is 0 Å². The van der Waals surface area contributed by atoms with Crippen molar-refractivity contribution in [3.05, 3.63) is 0 Å². The Morgan fingerprint density at radius 3 is 2.33 bits per heavy atom. The molecule has 1 heterocycles. The Labute approximate surface area is 92.6 Å². The van der Waals surface area contributed by atoms with Crippen LogP contribution in [0.2, 0.25) is 0 Å². The maximum atomic E-state index is 5.92. The number of rotatable bonds is 3. The Bertz CT molecular complexity index is 183. The molecule has 4 heteroatoms. The van der Waals surface area contributed by atoms with Crippen LogP contribution in [0.25, 0.3) is 0 Å². The molecule has 0 amide bonds. The highest BCUT2D eigenvalue weighted by molar-refractivity contribution is 4.83. The molecule has 1 saturated carbocycles. The molecule has 0 atom stereocenters. The van der Waals surface area contributed by atoms with Crippen LogP contribution in [0.4, 0.5) is 0 Å². The van der Waals surface area contributed by atoms with Gasteiger partial charge in [-0.2, -0.15) is 0 Å². The molecule has 0 unspecified atom stereocenters. The molecule has 0 aromatic heterocycles. The quantitative estimate of drug-likeness (QED) is 0.601. The summed E-state index contributed by atoms with van der Waals surface area (Å²) in [6.07, 6.45) is 5.42. The highest BCUT2D eigenvalue weighted by atomic mass is 15.3. The van der Waals surface area contributed by atoms with Gasteiger partial charge in [-0.25, -0.2) is 0 Å². The Hall–Kier alpha value is -0.160. The summed E-state index contributed by atoms with van der Waals surface area (Å²) in [6.45, 7) is 3.32. The molecule has 15 heavy (non-hydrogen) atoms. The number of nitrogens with zero attached hydrogens (tertiary/aromatic N) is 1. The van der Waals surface area contributed by atoms with Crippen LogP contribution < -0.4 is 16.4 Å². The fourth-order valence-electron chi connectivity index (χ4n) is 2.67. The fraction of sp³-hybridized carbons (Fsp3) is 1.00. The van der Waals surface area contributed by atoms with Gasteiger partial charge in [0.1, 0.15) is 0 Å². The molecule has 0 aromatic rings. The van der Waals surface area contributed by atoms with E-state index >= 15 is 0 Å². The van der Waals surface area contributed by atoms with Gasteiger partial charge < -0.3 is 10.6 Å². The predicted octanol–water partition coefficient (Wildman–Crippen LogP) is -0.293. The number of nitrogens with two attached hydrogens (primary N) is 1. The molecule has 0 spiro atoms. The molecule has 0 bridgehead atoms. The normalized spacial score (nSPS) is 33.8. The largest absolute Gasteiger partial charge is 0.328 e. The zero-order valence-electron chi connectivity index (χ0n) is 9.71. The summed E-state index contributed by atoms with van der Waals surface area (Å²) < 4.78 is 0. The van der Waals surface area contributed by atoms with Gasteiger partial charge in [0.2, 0.25) is 0 Å². The minimum atomic E-state index is 0.456. The van der Waals surface area contributed by atoms with Gasteiger partial charge in [-0.15, -0.1) is 0 Å². The van der Waals surface area contributed by atoms with Crippen molar-refractivity contribution in [3.8, 4) is 0 Å². The molecule has 1 saturated heterocycles. The highest BCUT2D eigenvalue weighted by Crippen LogP contribution is 2.21. The van der Waals surface area contributed by atoms with E-state index < -0.39 is 0 Å². The average molecular weight is 212 g/mol. The van der Waals surface area contributed by atoms with Gasteiger partial charge in [-0.3, -0.25) is 10.6 Å². The lowest BCUT2D eigenvalue weighted by atomic mass is 9.91. The maximum absolute atomic E-state index is 5.92. The second-order valence-corrected chi connectivity index (χ2v) is 4.97. The van der Waals surface area contributed by atoms with Crippen molar-refractivity contribution in [2.24, 2.45) is 5.73 Å². The van der Waals surface area contributed by atoms with Crippen molar-refractivity contribution in [3.63, 3.8) is 0 Å². The lowest BCUT2D eigenvalue weighted by molar-refractivity contribution is 0.167.